The molecule has 4 N–H and O–H groups in total. The number of rotatable bonds is 3. The van der Waals surface area contributed by atoms with Crippen LogP contribution in [0.1, 0.15) is 11.1 Å². The largest absolute Gasteiger partial charge is 0.472 e. The number of hydrogen-bond donors (Lipinski definition) is 3. The van der Waals surface area contributed by atoms with Crippen LogP contribution in [-0.2, 0) is 6.54 Å². The summed E-state index contributed by atoms with van der Waals surface area (Å²) in [5.41, 5.74) is 7.55. The first-order valence-corrected chi connectivity index (χ1v) is 4.19. The van der Waals surface area contributed by atoms with Crippen molar-refractivity contribution in [1.29, 1.82) is 0 Å². The lowest BCUT2D eigenvalue weighted by molar-refractivity contribution is 0.563. The lowest BCUT2D eigenvalue weighted by Crippen LogP contribution is -2.01. The predicted octanol–water partition coefficient (Wildman–Crippen LogP) is 0.900. The molecule has 0 saturated heterocycles. The number of nitrogens with two attached hydrogens (primary N) is 1. The van der Waals surface area contributed by atoms with E-state index in [1.165, 1.54) is 0 Å². The maximum Gasteiger partial charge on any atom is 0.223 e. The number of aromatic nitrogens is 3. The van der Waals surface area contributed by atoms with Crippen molar-refractivity contribution in [3.63, 3.8) is 0 Å². The molecule has 0 saturated carbocycles. The zero-order chi connectivity index (χ0) is 9.97. The molecule has 0 radical (unpaired) electrons. The molecule has 0 atom stereocenters. The molecule has 6 nitrogen and oxygen atoms in total. The van der Waals surface area contributed by atoms with Gasteiger partial charge < -0.3 is 15.5 Å². The third-order valence-electron chi connectivity index (χ3n) is 1.91. The molecule has 2 heterocycles. The molecule has 2 rings (SSSR count). The van der Waals surface area contributed by atoms with Crippen molar-refractivity contribution in [3.05, 3.63) is 23.7 Å². The van der Waals surface area contributed by atoms with Crippen molar-refractivity contribution in [2.45, 2.75) is 13.5 Å². The van der Waals surface area contributed by atoms with Crippen LogP contribution < -0.4 is 11.1 Å². The van der Waals surface area contributed by atoms with Crippen molar-refractivity contribution < 1.29 is 4.42 Å². The minimum atomic E-state index is 0.302. The normalized spacial score (nSPS) is 10.4. The SMILES string of the molecule is Cc1cocc1CNc1nnc(N)[nH]1. The van der Waals surface area contributed by atoms with E-state index in [9.17, 15) is 0 Å². The number of hydrogen-bond acceptors (Lipinski definition) is 5. The van der Waals surface area contributed by atoms with Gasteiger partial charge in [0.1, 0.15) is 0 Å². The van der Waals surface area contributed by atoms with E-state index < -0.39 is 0 Å². The van der Waals surface area contributed by atoms with Crippen LogP contribution in [0, 0.1) is 6.92 Å². The first-order valence-electron chi connectivity index (χ1n) is 4.19. The summed E-state index contributed by atoms with van der Waals surface area (Å²) < 4.78 is 5.03. The molecule has 2 aromatic rings. The number of anilines is 2. The number of nitrogen functional groups attached to an aromatic ring is 1. The van der Waals surface area contributed by atoms with Crippen LogP contribution in [0.5, 0.6) is 0 Å². The highest BCUT2D eigenvalue weighted by Gasteiger charge is 2.02. The molecule has 0 bridgehead atoms. The number of H-pyrrole nitrogens is 1. The average molecular weight is 193 g/mol. The van der Waals surface area contributed by atoms with Crippen molar-refractivity contribution >= 4 is 11.9 Å². The van der Waals surface area contributed by atoms with Gasteiger partial charge in [0.2, 0.25) is 11.9 Å². The Balaban J connectivity index is 1.98. The van der Waals surface area contributed by atoms with Gasteiger partial charge in [0.15, 0.2) is 0 Å². The molecule has 14 heavy (non-hydrogen) atoms. The Morgan fingerprint density at radius 2 is 2.36 bits per heavy atom. The van der Waals surface area contributed by atoms with Gasteiger partial charge in [-0.25, -0.2) is 0 Å². The van der Waals surface area contributed by atoms with Gasteiger partial charge in [-0.3, -0.25) is 4.98 Å². The van der Waals surface area contributed by atoms with Crippen molar-refractivity contribution in [2.75, 3.05) is 11.1 Å². The van der Waals surface area contributed by atoms with Crippen molar-refractivity contribution in [1.82, 2.24) is 15.2 Å². The predicted molar refractivity (Wildman–Crippen MR) is 51.6 cm³/mol. The summed E-state index contributed by atoms with van der Waals surface area (Å²) >= 11 is 0. The standard InChI is InChI=1S/C8H11N5O/c1-5-3-14-4-6(5)2-10-8-11-7(9)12-13-8/h3-4H,2H2,1H3,(H4,9,10,11,12,13). The zero-order valence-electron chi connectivity index (χ0n) is 7.74. The molecule has 0 unspecified atom stereocenters. The monoisotopic (exact) mass is 193 g/mol. The smallest absolute Gasteiger partial charge is 0.223 e. The Hall–Kier alpha value is -1.98. The fourth-order valence-electron chi connectivity index (χ4n) is 1.10. The molecule has 74 valence electrons. The second kappa shape index (κ2) is 3.41. The zero-order valence-corrected chi connectivity index (χ0v) is 7.74. The summed E-state index contributed by atoms with van der Waals surface area (Å²) in [4.78, 5) is 2.77. The fourth-order valence-corrected chi connectivity index (χ4v) is 1.10. The second-order valence-electron chi connectivity index (χ2n) is 2.99. The average Bonchev–Trinajstić information content (AvgIpc) is 2.72. The second-order valence-corrected chi connectivity index (χ2v) is 2.99. The Morgan fingerprint density at radius 3 is 2.93 bits per heavy atom. The highest BCUT2D eigenvalue weighted by Crippen LogP contribution is 2.10. The van der Waals surface area contributed by atoms with E-state index in [4.69, 9.17) is 10.2 Å². The quantitative estimate of drug-likeness (QED) is 0.673. The van der Waals surface area contributed by atoms with Crippen molar-refractivity contribution in [2.24, 2.45) is 0 Å². The highest BCUT2D eigenvalue weighted by atomic mass is 16.3. The minimum absolute atomic E-state index is 0.302. The van der Waals surface area contributed by atoms with Gasteiger partial charge in [0.05, 0.1) is 12.5 Å². The van der Waals surface area contributed by atoms with E-state index in [1.54, 1.807) is 12.5 Å². The van der Waals surface area contributed by atoms with Crippen LogP contribution in [0.4, 0.5) is 11.9 Å². The summed E-state index contributed by atoms with van der Waals surface area (Å²) in [6.45, 7) is 2.62. The van der Waals surface area contributed by atoms with Gasteiger partial charge in [-0.15, -0.1) is 10.2 Å². The van der Waals surface area contributed by atoms with Crippen LogP contribution in [-0.4, -0.2) is 15.2 Å². The van der Waals surface area contributed by atoms with Crippen LogP contribution in [0.2, 0.25) is 0 Å². The van der Waals surface area contributed by atoms with Crippen LogP contribution in [0.25, 0.3) is 0 Å². The van der Waals surface area contributed by atoms with E-state index in [-0.39, 0.29) is 0 Å². The summed E-state index contributed by atoms with van der Waals surface area (Å²) in [6.07, 6.45) is 3.40. The van der Waals surface area contributed by atoms with E-state index in [1.807, 2.05) is 6.92 Å². The Bertz CT molecular complexity index is 419. The third kappa shape index (κ3) is 1.68. The summed E-state index contributed by atoms with van der Waals surface area (Å²) in [6, 6.07) is 0. The van der Waals surface area contributed by atoms with Gasteiger partial charge in [0, 0.05) is 12.1 Å². The highest BCUT2D eigenvalue weighted by molar-refractivity contribution is 5.32. The molecule has 6 heteroatoms. The van der Waals surface area contributed by atoms with Crippen LogP contribution >= 0.6 is 0 Å². The molecule has 0 aliphatic rings. The van der Waals surface area contributed by atoms with E-state index in [2.05, 4.69) is 20.5 Å². The number of aryl methyl sites for hydroxylation is 1. The summed E-state index contributed by atoms with van der Waals surface area (Å²) in [5, 5.41) is 10.4. The third-order valence-corrected chi connectivity index (χ3v) is 1.91. The Morgan fingerprint density at radius 1 is 1.50 bits per heavy atom. The van der Waals surface area contributed by atoms with Crippen molar-refractivity contribution in [3.8, 4) is 0 Å². The Kier molecular flexibility index (Phi) is 2.10. The van der Waals surface area contributed by atoms with Gasteiger partial charge in [-0.2, -0.15) is 0 Å². The first-order chi connectivity index (χ1) is 6.75. The molecule has 0 aliphatic heterocycles. The molecule has 0 aromatic carbocycles. The molecule has 0 spiro atoms. The number of furan rings is 1. The van der Waals surface area contributed by atoms with Crippen LogP contribution in [0.3, 0.4) is 0 Å². The Labute approximate surface area is 80.5 Å². The minimum Gasteiger partial charge on any atom is -0.472 e. The van der Waals surface area contributed by atoms with Gasteiger partial charge >= 0.3 is 0 Å². The number of nitrogens with zero attached hydrogens (tertiary/aromatic N) is 2. The number of nitrogens with one attached hydrogen (secondary N) is 2. The molecular formula is C8H11N5O. The first kappa shape index (κ1) is 8.61. The maximum atomic E-state index is 5.37. The summed E-state index contributed by atoms with van der Waals surface area (Å²) in [5.74, 6) is 0.861. The topological polar surface area (TPSA) is 92.8 Å². The van der Waals surface area contributed by atoms with E-state index in [0.29, 0.717) is 18.4 Å². The van der Waals surface area contributed by atoms with Gasteiger partial charge in [-0.05, 0) is 12.5 Å². The molecular weight excluding hydrogens is 182 g/mol. The van der Waals surface area contributed by atoms with Crippen LogP contribution in [0.15, 0.2) is 16.9 Å². The molecule has 0 aliphatic carbocycles. The molecule has 0 amide bonds. The van der Waals surface area contributed by atoms with Gasteiger partial charge in [0.25, 0.3) is 0 Å². The lowest BCUT2D eigenvalue weighted by atomic mass is 10.2. The van der Waals surface area contributed by atoms with E-state index >= 15 is 0 Å². The van der Waals surface area contributed by atoms with E-state index in [0.717, 1.165) is 11.1 Å². The number of aromatic amines is 1. The lowest BCUT2D eigenvalue weighted by Gasteiger charge is -1.99. The molecule has 0 fully saturated rings. The molecule has 2 aromatic heterocycles. The maximum absolute atomic E-state index is 5.37. The van der Waals surface area contributed by atoms with Gasteiger partial charge in [-0.1, -0.05) is 0 Å². The fraction of sp³-hybridized carbons (Fsp3) is 0.250. The summed E-state index contributed by atoms with van der Waals surface area (Å²) in [7, 11) is 0.